The lowest BCUT2D eigenvalue weighted by molar-refractivity contribution is -0.0793. The predicted octanol–water partition coefficient (Wildman–Crippen LogP) is 1.89. The minimum absolute atomic E-state index is 0.0581. The fourth-order valence-electron chi connectivity index (χ4n) is 4.90. The molecule has 148 valence electrons. The molecule has 1 aromatic rings. The number of aliphatic hydroxyl groups is 1. The Hall–Kier alpha value is -1.66. The SMILES string of the molecule is CN(CC1CCNCC1)C(=O)c1ccc(N2CCC3(CCC3O)CC2)nc1. The average molecular weight is 373 g/mol. The zero-order chi connectivity index (χ0) is 18.9. The third kappa shape index (κ3) is 3.83. The topological polar surface area (TPSA) is 68.7 Å². The number of carbonyl (C=O) groups is 1. The number of hydrogen-bond acceptors (Lipinski definition) is 5. The van der Waals surface area contributed by atoms with Crippen LogP contribution in [0.3, 0.4) is 0 Å². The molecule has 0 radical (unpaired) electrons. The summed E-state index contributed by atoms with van der Waals surface area (Å²) in [6.45, 7) is 4.80. The molecule has 6 heteroatoms. The second kappa shape index (κ2) is 7.76. The number of carbonyl (C=O) groups excluding carboxylic acids is 1. The van der Waals surface area contributed by atoms with Crippen molar-refractivity contribution >= 4 is 11.7 Å². The van der Waals surface area contributed by atoms with E-state index in [-0.39, 0.29) is 17.4 Å². The van der Waals surface area contributed by atoms with Crippen LogP contribution in [-0.2, 0) is 0 Å². The van der Waals surface area contributed by atoms with Crippen LogP contribution < -0.4 is 10.2 Å². The molecule has 2 saturated heterocycles. The number of nitrogens with zero attached hydrogens (tertiary/aromatic N) is 3. The predicted molar refractivity (Wildman–Crippen MR) is 106 cm³/mol. The van der Waals surface area contributed by atoms with Crippen molar-refractivity contribution in [3.8, 4) is 0 Å². The molecule has 1 amide bonds. The van der Waals surface area contributed by atoms with Crippen molar-refractivity contribution in [3.05, 3.63) is 23.9 Å². The summed E-state index contributed by atoms with van der Waals surface area (Å²) in [6.07, 6.45) is 8.08. The fraction of sp³-hybridized carbons (Fsp3) is 0.714. The summed E-state index contributed by atoms with van der Waals surface area (Å²) in [6, 6.07) is 3.88. The molecule has 0 bridgehead atoms. The van der Waals surface area contributed by atoms with Gasteiger partial charge in [0, 0.05) is 32.9 Å². The first-order valence-electron chi connectivity index (χ1n) is 10.4. The van der Waals surface area contributed by atoms with Crippen LogP contribution in [0.1, 0.15) is 48.9 Å². The molecule has 6 nitrogen and oxygen atoms in total. The zero-order valence-electron chi connectivity index (χ0n) is 16.4. The maximum atomic E-state index is 12.7. The molecule has 3 fully saturated rings. The number of nitrogens with one attached hydrogen (secondary N) is 1. The van der Waals surface area contributed by atoms with Crippen molar-refractivity contribution in [2.75, 3.05) is 44.7 Å². The van der Waals surface area contributed by atoms with Crippen LogP contribution in [-0.4, -0.2) is 66.8 Å². The third-order valence-electron chi connectivity index (χ3n) is 7.04. The van der Waals surface area contributed by atoms with E-state index >= 15 is 0 Å². The van der Waals surface area contributed by atoms with Gasteiger partial charge in [-0.1, -0.05) is 0 Å². The first-order valence-corrected chi connectivity index (χ1v) is 10.4. The standard InChI is InChI=1S/C21H32N4O2/c1-24(15-16-5-10-22-11-6-16)20(27)17-2-3-19(23-14-17)25-12-8-21(9-13-25)7-4-18(21)26/h2-3,14,16,18,22,26H,4-13,15H2,1H3. The number of rotatable bonds is 4. The minimum Gasteiger partial charge on any atom is -0.393 e. The van der Waals surface area contributed by atoms with Gasteiger partial charge in [0.2, 0.25) is 0 Å². The smallest absolute Gasteiger partial charge is 0.255 e. The molecule has 3 aliphatic rings. The number of hydrogen-bond donors (Lipinski definition) is 2. The first kappa shape index (κ1) is 18.7. The molecule has 1 aliphatic carbocycles. The summed E-state index contributed by atoms with van der Waals surface area (Å²) in [5.41, 5.74) is 0.835. The Morgan fingerprint density at radius 2 is 2.00 bits per heavy atom. The van der Waals surface area contributed by atoms with E-state index < -0.39 is 0 Å². The van der Waals surface area contributed by atoms with Gasteiger partial charge in [0.05, 0.1) is 11.7 Å². The molecule has 1 aromatic heterocycles. The summed E-state index contributed by atoms with van der Waals surface area (Å²) in [7, 11) is 1.90. The summed E-state index contributed by atoms with van der Waals surface area (Å²) < 4.78 is 0. The van der Waals surface area contributed by atoms with Gasteiger partial charge >= 0.3 is 0 Å². The van der Waals surface area contributed by atoms with Crippen LogP contribution in [0.15, 0.2) is 18.3 Å². The Morgan fingerprint density at radius 3 is 2.56 bits per heavy atom. The summed E-state index contributed by atoms with van der Waals surface area (Å²) in [4.78, 5) is 21.4. The fourth-order valence-corrected chi connectivity index (χ4v) is 4.90. The minimum atomic E-state index is -0.108. The number of amides is 1. The highest BCUT2D eigenvalue weighted by Crippen LogP contribution is 2.49. The molecule has 27 heavy (non-hydrogen) atoms. The van der Waals surface area contributed by atoms with Crippen molar-refractivity contribution in [1.29, 1.82) is 0 Å². The molecule has 4 rings (SSSR count). The van der Waals surface area contributed by atoms with Crippen LogP contribution >= 0.6 is 0 Å². The van der Waals surface area contributed by atoms with E-state index in [4.69, 9.17) is 0 Å². The van der Waals surface area contributed by atoms with E-state index in [1.807, 2.05) is 24.1 Å². The lowest BCUT2D eigenvalue weighted by Crippen LogP contribution is -2.52. The molecule has 0 aromatic carbocycles. The van der Waals surface area contributed by atoms with Gasteiger partial charge in [-0.25, -0.2) is 4.98 Å². The van der Waals surface area contributed by atoms with Gasteiger partial charge in [-0.15, -0.1) is 0 Å². The monoisotopic (exact) mass is 372 g/mol. The molecule has 1 unspecified atom stereocenters. The van der Waals surface area contributed by atoms with Gasteiger partial charge in [-0.05, 0) is 75.1 Å². The normalized spacial score (nSPS) is 25.3. The van der Waals surface area contributed by atoms with Crippen molar-refractivity contribution in [1.82, 2.24) is 15.2 Å². The quantitative estimate of drug-likeness (QED) is 0.845. The maximum Gasteiger partial charge on any atom is 0.255 e. The number of aliphatic hydroxyl groups excluding tert-OH is 1. The summed E-state index contributed by atoms with van der Waals surface area (Å²) in [5, 5.41) is 13.4. The van der Waals surface area contributed by atoms with Gasteiger partial charge in [-0.3, -0.25) is 4.79 Å². The Balaban J connectivity index is 1.32. The van der Waals surface area contributed by atoms with Gasteiger partial charge in [-0.2, -0.15) is 0 Å². The van der Waals surface area contributed by atoms with Crippen molar-refractivity contribution in [2.45, 2.75) is 44.6 Å². The average Bonchev–Trinajstić information content (AvgIpc) is 2.73. The number of anilines is 1. The van der Waals surface area contributed by atoms with Gasteiger partial charge in [0.15, 0.2) is 0 Å². The van der Waals surface area contributed by atoms with Crippen LogP contribution in [0, 0.1) is 11.3 Å². The molecular formula is C21H32N4O2. The van der Waals surface area contributed by atoms with Crippen LogP contribution in [0.25, 0.3) is 0 Å². The number of aromatic nitrogens is 1. The molecular weight excluding hydrogens is 340 g/mol. The molecule has 3 heterocycles. The van der Waals surface area contributed by atoms with Crippen molar-refractivity contribution < 1.29 is 9.90 Å². The van der Waals surface area contributed by atoms with Crippen LogP contribution in [0.5, 0.6) is 0 Å². The second-order valence-electron chi connectivity index (χ2n) is 8.69. The summed E-state index contributed by atoms with van der Waals surface area (Å²) in [5.74, 6) is 1.59. The van der Waals surface area contributed by atoms with Crippen LogP contribution in [0.2, 0.25) is 0 Å². The third-order valence-corrected chi connectivity index (χ3v) is 7.04. The largest absolute Gasteiger partial charge is 0.393 e. The highest BCUT2D eigenvalue weighted by molar-refractivity contribution is 5.93. The Kier molecular flexibility index (Phi) is 5.37. The molecule has 1 saturated carbocycles. The van der Waals surface area contributed by atoms with Crippen molar-refractivity contribution in [2.24, 2.45) is 11.3 Å². The van der Waals surface area contributed by atoms with Gasteiger partial charge < -0.3 is 20.2 Å². The first-order chi connectivity index (χ1) is 13.1. The highest BCUT2D eigenvalue weighted by Gasteiger charge is 2.47. The van der Waals surface area contributed by atoms with E-state index in [0.29, 0.717) is 11.5 Å². The lowest BCUT2D eigenvalue weighted by atomic mass is 9.61. The van der Waals surface area contributed by atoms with E-state index in [0.717, 1.165) is 77.1 Å². The van der Waals surface area contributed by atoms with Crippen molar-refractivity contribution in [3.63, 3.8) is 0 Å². The molecule has 2 N–H and O–H groups in total. The van der Waals surface area contributed by atoms with E-state index in [9.17, 15) is 9.90 Å². The van der Waals surface area contributed by atoms with E-state index in [1.54, 1.807) is 6.20 Å². The van der Waals surface area contributed by atoms with Gasteiger partial charge in [0.25, 0.3) is 5.91 Å². The molecule has 2 aliphatic heterocycles. The summed E-state index contributed by atoms with van der Waals surface area (Å²) >= 11 is 0. The second-order valence-corrected chi connectivity index (χ2v) is 8.69. The Labute approximate surface area is 161 Å². The maximum absolute atomic E-state index is 12.7. The van der Waals surface area contributed by atoms with E-state index in [1.165, 1.54) is 0 Å². The Morgan fingerprint density at radius 1 is 1.26 bits per heavy atom. The van der Waals surface area contributed by atoms with Gasteiger partial charge in [0.1, 0.15) is 5.82 Å². The number of pyridine rings is 1. The Bertz CT molecular complexity index is 649. The molecule has 1 spiro atoms. The molecule has 1 atom stereocenters. The highest BCUT2D eigenvalue weighted by atomic mass is 16.3. The number of piperidine rings is 2. The van der Waals surface area contributed by atoms with E-state index in [2.05, 4.69) is 15.2 Å². The zero-order valence-corrected chi connectivity index (χ0v) is 16.4. The van der Waals surface area contributed by atoms with Crippen LogP contribution in [0.4, 0.5) is 5.82 Å². The lowest BCUT2D eigenvalue weighted by Gasteiger charge is -2.51.